The molecular formula is C13H13N5O3. The molecule has 2 aromatic rings. The molecule has 0 aliphatic carbocycles. The van der Waals surface area contributed by atoms with Crippen LogP contribution < -0.4 is 16.6 Å². The van der Waals surface area contributed by atoms with Crippen LogP contribution in [-0.4, -0.2) is 26.8 Å². The zero-order valence-corrected chi connectivity index (χ0v) is 11.3. The van der Waals surface area contributed by atoms with E-state index in [-0.39, 0.29) is 18.7 Å². The summed E-state index contributed by atoms with van der Waals surface area (Å²) in [4.78, 5) is 35.5. The Morgan fingerprint density at radius 1 is 1.33 bits per heavy atom. The zero-order valence-electron chi connectivity index (χ0n) is 11.3. The van der Waals surface area contributed by atoms with E-state index >= 15 is 0 Å². The van der Waals surface area contributed by atoms with Gasteiger partial charge in [0, 0.05) is 6.42 Å². The first kappa shape index (κ1) is 13.2. The van der Waals surface area contributed by atoms with Gasteiger partial charge in [0.1, 0.15) is 11.6 Å². The molecule has 3 N–H and O–H groups in total. The molecule has 1 atom stereocenters. The van der Waals surface area contributed by atoms with Crippen LogP contribution in [0.2, 0.25) is 0 Å². The molecule has 0 radical (unpaired) electrons. The second-order valence-corrected chi connectivity index (χ2v) is 5.06. The summed E-state index contributed by atoms with van der Waals surface area (Å²) in [5.74, 6) is -0.888. The summed E-state index contributed by atoms with van der Waals surface area (Å²) in [5.41, 5.74) is 6.88. The third kappa shape index (κ3) is 2.14. The number of nitrogen functional groups attached to an aromatic ring is 1. The van der Waals surface area contributed by atoms with Crippen molar-refractivity contribution in [3.63, 3.8) is 0 Å². The number of nitrogens with two attached hydrogens (primary N) is 1. The van der Waals surface area contributed by atoms with Gasteiger partial charge >= 0.3 is 0 Å². The number of hydrogen-bond acceptors (Lipinski definition) is 6. The van der Waals surface area contributed by atoms with Crippen LogP contribution >= 0.6 is 0 Å². The molecule has 1 saturated heterocycles. The Morgan fingerprint density at radius 3 is 2.81 bits per heavy atom. The highest BCUT2D eigenvalue weighted by atomic mass is 16.2. The highest BCUT2D eigenvalue weighted by Gasteiger charge is 2.30. The van der Waals surface area contributed by atoms with Crippen molar-refractivity contribution in [2.45, 2.75) is 25.8 Å². The molecule has 8 heteroatoms. The Morgan fingerprint density at radius 2 is 2.10 bits per heavy atom. The average molecular weight is 287 g/mol. The van der Waals surface area contributed by atoms with Gasteiger partial charge in [-0.2, -0.15) is 4.68 Å². The number of hydrogen-bond donors (Lipinski definition) is 2. The third-order valence-corrected chi connectivity index (χ3v) is 3.47. The van der Waals surface area contributed by atoms with Crippen molar-refractivity contribution in [2.75, 3.05) is 5.73 Å². The molecule has 1 aliphatic rings. The lowest BCUT2D eigenvalue weighted by Crippen LogP contribution is -2.45. The van der Waals surface area contributed by atoms with E-state index in [1.54, 1.807) is 12.1 Å². The smallest absolute Gasteiger partial charge is 0.278 e. The highest BCUT2D eigenvalue weighted by Crippen LogP contribution is 2.20. The fraction of sp³-hybridized carbons (Fsp3) is 0.308. The molecule has 0 spiro atoms. The summed E-state index contributed by atoms with van der Waals surface area (Å²) >= 11 is 0. The van der Waals surface area contributed by atoms with Crippen LogP contribution in [0, 0.1) is 6.92 Å². The molecule has 1 aromatic heterocycles. The Hall–Kier alpha value is -2.77. The minimum Gasteiger partial charge on any atom is -0.397 e. The highest BCUT2D eigenvalue weighted by molar-refractivity contribution is 5.99. The molecule has 2 amide bonds. The van der Waals surface area contributed by atoms with E-state index in [9.17, 15) is 14.4 Å². The Balaban J connectivity index is 2.17. The minimum absolute atomic E-state index is 0.165. The van der Waals surface area contributed by atoms with Gasteiger partial charge in [0.05, 0.1) is 11.1 Å². The topological polar surface area (TPSA) is 120 Å². The van der Waals surface area contributed by atoms with Gasteiger partial charge in [-0.1, -0.05) is 5.21 Å². The number of amides is 2. The normalized spacial score (nSPS) is 18.8. The van der Waals surface area contributed by atoms with Gasteiger partial charge in [0.15, 0.2) is 0 Å². The van der Waals surface area contributed by atoms with Gasteiger partial charge in [-0.05, 0) is 31.0 Å². The first-order valence-corrected chi connectivity index (χ1v) is 6.46. The first-order chi connectivity index (χ1) is 9.97. The monoisotopic (exact) mass is 287 g/mol. The van der Waals surface area contributed by atoms with E-state index in [4.69, 9.17) is 5.73 Å². The van der Waals surface area contributed by atoms with Crippen molar-refractivity contribution in [1.82, 2.24) is 20.3 Å². The number of carbonyl (C=O) groups is 2. The van der Waals surface area contributed by atoms with Crippen LogP contribution in [0.5, 0.6) is 0 Å². The van der Waals surface area contributed by atoms with Gasteiger partial charge in [0.2, 0.25) is 5.91 Å². The second kappa shape index (κ2) is 4.65. The van der Waals surface area contributed by atoms with E-state index in [2.05, 4.69) is 15.6 Å². The predicted octanol–water partition coefficient (Wildman–Crippen LogP) is -0.340. The third-order valence-electron chi connectivity index (χ3n) is 3.47. The number of nitrogens with one attached hydrogen (secondary N) is 1. The fourth-order valence-electron chi connectivity index (χ4n) is 2.46. The number of rotatable bonds is 1. The molecule has 0 saturated carbocycles. The number of anilines is 1. The van der Waals surface area contributed by atoms with Gasteiger partial charge in [-0.15, -0.1) is 5.10 Å². The SMILES string of the molecule is Cc1cc(N)c2nnn(C3CCC(=O)NC3=O)c(=O)c2c1. The van der Waals surface area contributed by atoms with E-state index in [0.29, 0.717) is 16.6 Å². The maximum Gasteiger partial charge on any atom is 0.278 e. The molecule has 3 rings (SSSR count). The van der Waals surface area contributed by atoms with E-state index in [1.165, 1.54) is 0 Å². The maximum atomic E-state index is 12.5. The Labute approximate surface area is 118 Å². The van der Waals surface area contributed by atoms with Gasteiger partial charge in [0.25, 0.3) is 11.5 Å². The second-order valence-electron chi connectivity index (χ2n) is 5.06. The summed E-state index contributed by atoms with van der Waals surface area (Å²) < 4.78 is 1.02. The van der Waals surface area contributed by atoms with Gasteiger partial charge < -0.3 is 5.73 Å². The molecule has 1 aliphatic heterocycles. The Bertz CT molecular complexity index is 826. The number of aromatic nitrogens is 3. The lowest BCUT2D eigenvalue weighted by Gasteiger charge is -2.21. The van der Waals surface area contributed by atoms with Crippen molar-refractivity contribution < 1.29 is 9.59 Å². The van der Waals surface area contributed by atoms with Crippen molar-refractivity contribution in [3.05, 3.63) is 28.0 Å². The average Bonchev–Trinajstić information content (AvgIpc) is 2.41. The lowest BCUT2D eigenvalue weighted by molar-refractivity contribution is -0.136. The van der Waals surface area contributed by atoms with E-state index in [1.807, 2.05) is 6.92 Å². The van der Waals surface area contributed by atoms with Crippen molar-refractivity contribution in [2.24, 2.45) is 0 Å². The van der Waals surface area contributed by atoms with Crippen LogP contribution in [0.15, 0.2) is 16.9 Å². The molecule has 1 unspecified atom stereocenters. The van der Waals surface area contributed by atoms with Crippen LogP contribution in [0.3, 0.4) is 0 Å². The molecule has 8 nitrogen and oxygen atoms in total. The summed E-state index contributed by atoms with van der Waals surface area (Å²) in [6.45, 7) is 1.81. The number of nitrogens with zero attached hydrogens (tertiary/aromatic N) is 3. The van der Waals surface area contributed by atoms with Crippen LogP contribution in [0.25, 0.3) is 10.9 Å². The van der Waals surface area contributed by atoms with Crippen molar-refractivity contribution in [3.8, 4) is 0 Å². The van der Waals surface area contributed by atoms with Crippen molar-refractivity contribution >= 4 is 28.4 Å². The van der Waals surface area contributed by atoms with Crippen molar-refractivity contribution in [1.29, 1.82) is 0 Å². The molecule has 0 bridgehead atoms. The quantitative estimate of drug-likeness (QED) is 0.547. The van der Waals surface area contributed by atoms with Crippen LogP contribution in [0.4, 0.5) is 5.69 Å². The zero-order chi connectivity index (χ0) is 15.1. The van der Waals surface area contributed by atoms with Crippen LogP contribution in [-0.2, 0) is 9.59 Å². The summed E-state index contributed by atoms with van der Waals surface area (Å²) in [5, 5.41) is 10.2. The summed E-state index contributed by atoms with van der Waals surface area (Å²) in [7, 11) is 0. The van der Waals surface area contributed by atoms with Gasteiger partial charge in [-0.25, -0.2) is 0 Å². The summed E-state index contributed by atoms with van der Waals surface area (Å²) in [6.07, 6.45) is 0.393. The molecule has 1 aromatic carbocycles. The number of carbonyl (C=O) groups excluding carboxylic acids is 2. The molecule has 21 heavy (non-hydrogen) atoms. The van der Waals surface area contributed by atoms with Crippen LogP contribution in [0.1, 0.15) is 24.4 Å². The lowest BCUT2D eigenvalue weighted by atomic mass is 10.1. The first-order valence-electron chi connectivity index (χ1n) is 6.46. The number of benzene rings is 1. The molecule has 108 valence electrons. The summed E-state index contributed by atoms with van der Waals surface area (Å²) in [6, 6.07) is 2.53. The predicted molar refractivity (Wildman–Crippen MR) is 74.4 cm³/mol. The molecular weight excluding hydrogens is 274 g/mol. The maximum absolute atomic E-state index is 12.5. The number of fused-ring (bicyclic) bond motifs is 1. The minimum atomic E-state index is -0.825. The number of aryl methyl sites for hydroxylation is 1. The largest absolute Gasteiger partial charge is 0.397 e. The Kier molecular flexibility index (Phi) is 2.93. The fourth-order valence-corrected chi connectivity index (χ4v) is 2.46. The van der Waals surface area contributed by atoms with Gasteiger partial charge in [-0.3, -0.25) is 19.7 Å². The standard InChI is InChI=1S/C13H13N5O3/c1-6-4-7-11(8(14)5-6)16-17-18(13(7)21)9-2-3-10(19)15-12(9)20/h4-5,9H,2-3,14H2,1H3,(H,15,19,20). The molecule has 2 heterocycles. The number of piperidine rings is 1. The molecule has 1 fully saturated rings. The van der Waals surface area contributed by atoms with E-state index in [0.717, 1.165) is 10.2 Å². The number of imide groups is 1. The van der Waals surface area contributed by atoms with E-state index < -0.39 is 17.5 Å².